The van der Waals surface area contributed by atoms with Crippen LogP contribution in [0.3, 0.4) is 0 Å². The lowest BCUT2D eigenvalue weighted by Gasteiger charge is -2.02. The van der Waals surface area contributed by atoms with Gasteiger partial charge >= 0.3 is 0 Å². The van der Waals surface area contributed by atoms with Crippen molar-refractivity contribution < 1.29 is 5.11 Å². The Labute approximate surface area is 77.1 Å². The third-order valence-electron chi connectivity index (χ3n) is 1.94. The fourth-order valence-electron chi connectivity index (χ4n) is 1.34. The van der Waals surface area contributed by atoms with Crippen LogP contribution in [0.1, 0.15) is 5.56 Å². The van der Waals surface area contributed by atoms with E-state index >= 15 is 0 Å². The van der Waals surface area contributed by atoms with Gasteiger partial charge in [0.1, 0.15) is 5.75 Å². The van der Waals surface area contributed by atoms with Crippen LogP contribution in [0.15, 0.2) is 48.8 Å². The van der Waals surface area contributed by atoms with E-state index in [-0.39, 0.29) is 0 Å². The largest absolute Gasteiger partial charge is 0.508 e. The molecule has 1 heterocycles. The van der Waals surface area contributed by atoms with E-state index in [4.69, 9.17) is 0 Å². The molecule has 0 atom stereocenters. The lowest BCUT2D eigenvalue weighted by molar-refractivity contribution is 0.474. The molecule has 0 spiro atoms. The molecule has 1 aromatic heterocycles. The summed E-state index contributed by atoms with van der Waals surface area (Å²) in [6, 6.07) is 11.3. The van der Waals surface area contributed by atoms with E-state index in [9.17, 15) is 5.11 Å². The Morgan fingerprint density at radius 1 is 1.08 bits per heavy atom. The molecule has 0 saturated heterocycles. The van der Waals surface area contributed by atoms with Gasteiger partial charge in [-0.1, -0.05) is 12.1 Å². The number of hydrogen-bond donors (Lipinski definition) is 1. The molecule has 0 radical (unpaired) electrons. The molecular formula is C11H11NO. The van der Waals surface area contributed by atoms with Crippen LogP contribution in [-0.2, 0) is 6.54 Å². The molecule has 2 nitrogen and oxygen atoms in total. The molecule has 0 saturated carbocycles. The second-order valence-electron chi connectivity index (χ2n) is 3.03. The molecule has 2 rings (SSSR count). The van der Waals surface area contributed by atoms with Gasteiger partial charge in [0, 0.05) is 18.9 Å². The highest BCUT2D eigenvalue weighted by atomic mass is 16.3. The van der Waals surface area contributed by atoms with E-state index in [2.05, 4.69) is 4.57 Å². The van der Waals surface area contributed by atoms with Gasteiger partial charge in [0.15, 0.2) is 0 Å². The minimum atomic E-state index is 0.324. The highest BCUT2D eigenvalue weighted by molar-refractivity contribution is 5.27. The van der Waals surface area contributed by atoms with Crippen LogP contribution in [0.5, 0.6) is 5.75 Å². The van der Waals surface area contributed by atoms with Gasteiger partial charge in [-0.25, -0.2) is 0 Å². The average Bonchev–Trinajstić information content (AvgIpc) is 2.57. The Morgan fingerprint density at radius 3 is 2.54 bits per heavy atom. The molecule has 1 N–H and O–H groups in total. The fraction of sp³-hybridized carbons (Fsp3) is 0.0909. The first kappa shape index (κ1) is 7.92. The Bertz CT molecular complexity index is 379. The van der Waals surface area contributed by atoms with E-state index in [1.165, 1.54) is 0 Å². The Hall–Kier alpha value is -1.70. The van der Waals surface area contributed by atoms with Crippen molar-refractivity contribution in [1.82, 2.24) is 4.57 Å². The van der Waals surface area contributed by atoms with Gasteiger partial charge in [-0.15, -0.1) is 0 Å². The number of rotatable bonds is 2. The van der Waals surface area contributed by atoms with Crippen molar-refractivity contribution in [2.45, 2.75) is 6.54 Å². The second kappa shape index (κ2) is 3.35. The number of phenols is 1. The van der Waals surface area contributed by atoms with Crippen molar-refractivity contribution in [3.8, 4) is 5.75 Å². The third-order valence-corrected chi connectivity index (χ3v) is 1.94. The van der Waals surface area contributed by atoms with E-state index in [1.54, 1.807) is 12.1 Å². The van der Waals surface area contributed by atoms with Gasteiger partial charge < -0.3 is 9.67 Å². The van der Waals surface area contributed by atoms with Gasteiger partial charge in [-0.05, 0) is 29.8 Å². The van der Waals surface area contributed by atoms with E-state index in [1.807, 2.05) is 36.7 Å². The molecule has 0 bridgehead atoms. The molecule has 0 aliphatic heterocycles. The molecule has 2 aromatic rings. The number of aromatic nitrogens is 1. The minimum Gasteiger partial charge on any atom is -0.508 e. The lowest BCUT2D eigenvalue weighted by Crippen LogP contribution is -1.94. The molecule has 0 aliphatic rings. The summed E-state index contributed by atoms with van der Waals surface area (Å²) in [5.74, 6) is 0.324. The Morgan fingerprint density at radius 2 is 1.85 bits per heavy atom. The first-order valence-corrected chi connectivity index (χ1v) is 4.23. The smallest absolute Gasteiger partial charge is 0.115 e. The van der Waals surface area contributed by atoms with Crippen molar-refractivity contribution >= 4 is 0 Å². The van der Waals surface area contributed by atoms with Crippen molar-refractivity contribution in [3.63, 3.8) is 0 Å². The van der Waals surface area contributed by atoms with Crippen LogP contribution in [-0.4, -0.2) is 9.67 Å². The quantitative estimate of drug-likeness (QED) is 0.740. The van der Waals surface area contributed by atoms with Crippen molar-refractivity contribution in [2.24, 2.45) is 0 Å². The summed E-state index contributed by atoms with van der Waals surface area (Å²) in [6.07, 6.45) is 4.01. The highest BCUT2D eigenvalue weighted by Gasteiger charge is 1.94. The highest BCUT2D eigenvalue weighted by Crippen LogP contribution is 2.11. The van der Waals surface area contributed by atoms with Gasteiger partial charge in [0.25, 0.3) is 0 Å². The standard InChI is InChI=1S/C11H11NO/c13-11-5-3-4-10(8-11)9-12-6-1-2-7-12/h1-8,13H,9H2. The van der Waals surface area contributed by atoms with E-state index in [0.29, 0.717) is 5.75 Å². The normalized spacial score (nSPS) is 10.2. The summed E-state index contributed by atoms with van der Waals surface area (Å²) in [5.41, 5.74) is 1.11. The third kappa shape index (κ3) is 1.90. The van der Waals surface area contributed by atoms with E-state index < -0.39 is 0 Å². The van der Waals surface area contributed by atoms with Crippen LogP contribution in [0, 0.1) is 0 Å². The van der Waals surface area contributed by atoms with Crippen LogP contribution in [0.4, 0.5) is 0 Å². The topological polar surface area (TPSA) is 25.2 Å². The van der Waals surface area contributed by atoms with Crippen LogP contribution < -0.4 is 0 Å². The number of hydrogen-bond acceptors (Lipinski definition) is 1. The molecule has 1 aromatic carbocycles. The van der Waals surface area contributed by atoms with Gasteiger partial charge in [0.2, 0.25) is 0 Å². The zero-order valence-electron chi connectivity index (χ0n) is 7.22. The predicted molar refractivity (Wildman–Crippen MR) is 51.6 cm³/mol. The maximum absolute atomic E-state index is 9.23. The van der Waals surface area contributed by atoms with Crippen molar-refractivity contribution in [1.29, 1.82) is 0 Å². The lowest BCUT2D eigenvalue weighted by atomic mass is 10.2. The summed E-state index contributed by atoms with van der Waals surface area (Å²) < 4.78 is 2.06. The van der Waals surface area contributed by atoms with Gasteiger partial charge in [0.05, 0.1) is 0 Å². The van der Waals surface area contributed by atoms with Crippen molar-refractivity contribution in [2.75, 3.05) is 0 Å². The molecule has 0 amide bonds. The Kier molecular flexibility index (Phi) is 2.04. The van der Waals surface area contributed by atoms with Crippen LogP contribution >= 0.6 is 0 Å². The van der Waals surface area contributed by atoms with Crippen molar-refractivity contribution in [3.05, 3.63) is 54.4 Å². The summed E-state index contributed by atoms with van der Waals surface area (Å²) in [7, 11) is 0. The molecule has 13 heavy (non-hydrogen) atoms. The van der Waals surface area contributed by atoms with Crippen LogP contribution in [0.25, 0.3) is 0 Å². The fourth-order valence-corrected chi connectivity index (χ4v) is 1.34. The zero-order valence-corrected chi connectivity index (χ0v) is 7.22. The number of benzene rings is 1. The zero-order chi connectivity index (χ0) is 9.10. The maximum atomic E-state index is 9.23. The summed E-state index contributed by atoms with van der Waals surface area (Å²) in [4.78, 5) is 0. The van der Waals surface area contributed by atoms with E-state index in [0.717, 1.165) is 12.1 Å². The summed E-state index contributed by atoms with van der Waals surface area (Å²) in [5, 5.41) is 9.23. The molecule has 0 aliphatic carbocycles. The predicted octanol–water partition coefficient (Wildman–Crippen LogP) is 2.24. The first-order valence-electron chi connectivity index (χ1n) is 4.23. The summed E-state index contributed by atoms with van der Waals surface area (Å²) >= 11 is 0. The number of aromatic hydroxyl groups is 1. The second-order valence-corrected chi connectivity index (χ2v) is 3.03. The molecule has 66 valence electrons. The minimum absolute atomic E-state index is 0.324. The molecular weight excluding hydrogens is 162 g/mol. The SMILES string of the molecule is Oc1cccc(Cn2cccc2)c1. The van der Waals surface area contributed by atoms with Gasteiger partial charge in [-0.2, -0.15) is 0 Å². The molecule has 0 fully saturated rings. The number of phenolic OH excluding ortho intramolecular Hbond substituents is 1. The first-order chi connectivity index (χ1) is 6.34. The summed E-state index contributed by atoms with van der Waals surface area (Å²) in [6.45, 7) is 0.807. The molecule has 2 heteroatoms. The molecule has 0 unspecified atom stereocenters. The number of nitrogens with zero attached hydrogens (tertiary/aromatic N) is 1. The monoisotopic (exact) mass is 173 g/mol. The maximum Gasteiger partial charge on any atom is 0.115 e. The van der Waals surface area contributed by atoms with Crippen LogP contribution in [0.2, 0.25) is 0 Å². The van der Waals surface area contributed by atoms with Gasteiger partial charge in [-0.3, -0.25) is 0 Å². The average molecular weight is 173 g/mol. The Balaban J connectivity index is 2.19.